The van der Waals surface area contributed by atoms with E-state index in [-0.39, 0.29) is 30.7 Å². The standard InChI is InChI=1S/C26H19ClF2O5.H2/c1-14-2-3-15(10-18(14)19-12-16(24(31)32)4-6-20(19)27)11-23(30)25(8-9-25)17-5-7-21-22(13-17)34-26(28,29)33-21;/h2-7,10,12-13H,8-9,11H2,1H3,(H,31,32);1H. The van der Waals surface area contributed by atoms with E-state index < -0.39 is 17.7 Å². The van der Waals surface area contributed by atoms with Gasteiger partial charge in [-0.1, -0.05) is 35.9 Å². The molecule has 5 rings (SSSR count). The van der Waals surface area contributed by atoms with Crippen LogP contribution in [-0.4, -0.2) is 23.2 Å². The molecule has 176 valence electrons. The van der Waals surface area contributed by atoms with Crippen LogP contribution in [0.15, 0.2) is 54.6 Å². The van der Waals surface area contributed by atoms with Gasteiger partial charge in [0, 0.05) is 18.4 Å². The third-order valence-electron chi connectivity index (χ3n) is 6.41. The number of hydrogen-bond donors (Lipinski definition) is 1. The minimum Gasteiger partial charge on any atom is -0.478 e. The first-order valence-corrected chi connectivity index (χ1v) is 11.0. The summed E-state index contributed by atoms with van der Waals surface area (Å²) in [6, 6.07) is 14.5. The van der Waals surface area contributed by atoms with Crippen LogP contribution in [0.25, 0.3) is 11.1 Å². The molecule has 1 saturated carbocycles. The van der Waals surface area contributed by atoms with Gasteiger partial charge >= 0.3 is 12.3 Å². The van der Waals surface area contributed by atoms with Gasteiger partial charge in [0.2, 0.25) is 0 Å². The molecule has 0 radical (unpaired) electrons. The number of ketones is 1. The number of ether oxygens (including phenoxy) is 2. The summed E-state index contributed by atoms with van der Waals surface area (Å²) in [5, 5.41) is 9.75. The Hall–Kier alpha value is -3.45. The second-order valence-electron chi connectivity index (χ2n) is 8.66. The molecule has 0 unspecified atom stereocenters. The Morgan fingerprint density at radius 3 is 2.44 bits per heavy atom. The molecule has 2 aliphatic rings. The van der Waals surface area contributed by atoms with Crippen molar-refractivity contribution in [3.05, 3.63) is 81.9 Å². The Kier molecular flexibility index (Phi) is 5.13. The van der Waals surface area contributed by atoms with Crippen LogP contribution in [0, 0.1) is 6.92 Å². The highest BCUT2D eigenvalue weighted by molar-refractivity contribution is 6.33. The van der Waals surface area contributed by atoms with E-state index >= 15 is 0 Å². The maximum absolute atomic E-state index is 13.4. The van der Waals surface area contributed by atoms with Gasteiger partial charge in [-0.15, -0.1) is 8.78 Å². The predicted molar refractivity (Wildman–Crippen MR) is 123 cm³/mol. The van der Waals surface area contributed by atoms with Gasteiger partial charge in [0.25, 0.3) is 0 Å². The number of Topliss-reactive ketones (excluding diaryl/α,β-unsaturated/α-hetero) is 1. The monoisotopic (exact) mass is 486 g/mol. The Bertz CT molecular complexity index is 1350. The van der Waals surface area contributed by atoms with E-state index in [2.05, 4.69) is 9.47 Å². The largest absolute Gasteiger partial charge is 0.586 e. The zero-order valence-electron chi connectivity index (χ0n) is 18.0. The molecule has 0 aromatic heterocycles. The van der Waals surface area contributed by atoms with Gasteiger partial charge < -0.3 is 14.6 Å². The molecule has 0 amide bonds. The molecule has 1 N–H and O–H groups in total. The number of carbonyl (C=O) groups is 2. The Morgan fingerprint density at radius 1 is 1.00 bits per heavy atom. The fourth-order valence-electron chi connectivity index (χ4n) is 4.39. The number of alkyl halides is 2. The minimum atomic E-state index is -3.71. The van der Waals surface area contributed by atoms with E-state index in [1.54, 1.807) is 12.1 Å². The molecule has 0 bridgehead atoms. The van der Waals surface area contributed by atoms with Crippen LogP contribution in [0.4, 0.5) is 8.78 Å². The van der Waals surface area contributed by atoms with Crippen LogP contribution in [0.2, 0.25) is 5.02 Å². The van der Waals surface area contributed by atoms with Crippen LogP contribution in [0.1, 0.15) is 41.3 Å². The molecule has 1 fully saturated rings. The van der Waals surface area contributed by atoms with Crippen LogP contribution >= 0.6 is 11.6 Å². The average Bonchev–Trinajstić information content (AvgIpc) is 3.52. The van der Waals surface area contributed by atoms with Gasteiger partial charge in [0.15, 0.2) is 11.5 Å². The Labute approximate surface area is 200 Å². The smallest absolute Gasteiger partial charge is 0.478 e. The highest BCUT2D eigenvalue weighted by Crippen LogP contribution is 2.52. The average molecular weight is 487 g/mol. The van der Waals surface area contributed by atoms with Crippen molar-refractivity contribution < 1.29 is 34.4 Å². The summed E-state index contributed by atoms with van der Waals surface area (Å²) in [5.74, 6) is -1.22. The SMILES string of the molecule is Cc1ccc(CC(=O)C2(c3ccc4c(c3)OC(F)(F)O4)CC2)cc1-c1cc(C(=O)O)ccc1Cl.[HH]. The van der Waals surface area contributed by atoms with Crippen LogP contribution in [0.5, 0.6) is 11.5 Å². The van der Waals surface area contributed by atoms with Gasteiger partial charge in [0.05, 0.1) is 11.0 Å². The molecule has 1 heterocycles. The van der Waals surface area contributed by atoms with E-state index in [1.165, 1.54) is 24.3 Å². The first-order valence-electron chi connectivity index (χ1n) is 10.6. The fourth-order valence-corrected chi connectivity index (χ4v) is 4.61. The number of hydrogen-bond acceptors (Lipinski definition) is 4. The first kappa shape index (κ1) is 22.3. The van der Waals surface area contributed by atoms with Gasteiger partial charge in [-0.2, -0.15) is 0 Å². The maximum Gasteiger partial charge on any atom is 0.586 e. The lowest BCUT2D eigenvalue weighted by Gasteiger charge is -2.16. The van der Waals surface area contributed by atoms with Crippen molar-refractivity contribution in [3.63, 3.8) is 0 Å². The van der Waals surface area contributed by atoms with Gasteiger partial charge in [-0.3, -0.25) is 4.79 Å². The topological polar surface area (TPSA) is 72.8 Å². The van der Waals surface area contributed by atoms with E-state index in [0.29, 0.717) is 29.0 Å². The number of carboxylic acids is 1. The summed E-state index contributed by atoms with van der Waals surface area (Å²) in [5.41, 5.74) is 2.95. The van der Waals surface area contributed by atoms with Crippen molar-refractivity contribution >= 4 is 23.4 Å². The molecule has 0 spiro atoms. The second kappa shape index (κ2) is 7.81. The molecule has 3 aromatic carbocycles. The summed E-state index contributed by atoms with van der Waals surface area (Å²) >= 11 is 6.36. The van der Waals surface area contributed by atoms with Crippen molar-refractivity contribution in [2.75, 3.05) is 0 Å². The number of halogens is 3. The lowest BCUT2D eigenvalue weighted by atomic mass is 9.86. The number of rotatable bonds is 6. The number of aromatic carboxylic acids is 1. The number of carbonyl (C=O) groups excluding carboxylic acids is 1. The van der Waals surface area contributed by atoms with E-state index in [1.807, 2.05) is 25.1 Å². The van der Waals surface area contributed by atoms with Crippen molar-refractivity contribution in [1.82, 2.24) is 0 Å². The molecule has 8 heteroatoms. The summed E-state index contributed by atoms with van der Waals surface area (Å²) in [7, 11) is 0. The van der Waals surface area contributed by atoms with Crippen molar-refractivity contribution in [1.29, 1.82) is 0 Å². The normalized spacial score (nSPS) is 16.8. The quantitative estimate of drug-likeness (QED) is 0.435. The molecule has 1 aliphatic carbocycles. The highest BCUT2D eigenvalue weighted by atomic mass is 35.5. The summed E-state index contributed by atoms with van der Waals surface area (Å²) < 4.78 is 35.8. The van der Waals surface area contributed by atoms with Crippen molar-refractivity contribution in [2.24, 2.45) is 0 Å². The molecule has 0 atom stereocenters. The fraction of sp³-hybridized carbons (Fsp3) is 0.231. The molecule has 1 aliphatic heterocycles. The van der Waals surface area contributed by atoms with Crippen molar-refractivity contribution in [3.8, 4) is 22.6 Å². The first-order chi connectivity index (χ1) is 16.1. The summed E-state index contributed by atoms with van der Waals surface area (Å²) in [6.07, 6.45) is -2.34. The number of fused-ring (bicyclic) bond motifs is 1. The van der Waals surface area contributed by atoms with Gasteiger partial charge in [0.1, 0.15) is 5.78 Å². The highest BCUT2D eigenvalue weighted by Gasteiger charge is 2.52. The van der Waals surface area contributed by atoms with Gasteiger partial charge in [-0.05, 0) is 72.4 Å². The van der Waals surface area contributed by atoms with Crippen molar-refractivity contribution in [2.45, 2.75) is 37.9 Å². The zero-order chi connectivity index (χ0) is 24.3. The lowest BCUT2D eigenvalue weighted by Crippen LogP contribution is -2.26. The molecule has 3 aromatic rings. The second-order valence-corrected chi connectivity index (χ2v) is 9.07. The Balaban J connectivity index is 0.00000289. The van der Waals surface area contributed by atoms with E-state index in [9.17, 15) is 23.5 Å². The zero-order valence-corrected chi connectivity index (χ0v) is 18.8. The molecule has 34 heavy (non-hydrogen) atoms. The van der Waals surface area contributed by atoms with Crippen LogP contribution < -0.4 is 9.47 Å². The molecule has 0 saturated heterocycles. The van der Waals surface area contributed by atoms with E-state index in [0.717, 1.165) is 16.7 Å². The number of benzene rings is 3. The van der Waals surface area contributed by atoms with Crippen LogP contribution in [0.3, 0.4) is 0 Å². The third-order valence-corrected chi connectivity index (χ3v) is 6.74. The molecular weight excluding hydrogens is 466 g/mol. The predicted octanol–water partition coefficient (Wildman–Crippen LogP) is 6.42. The minimum absolute atomic E-state index is 0. The molecule has 5 nitrogen and oxygen atoms in total. The maximum atomic E-state index is 13.4. The lowest BCUT2D eigenvalue weighted by molar-refractivity contribution is -0.286. The molecular formula is C26H21ClF2O5. The number of aryl methyl sites for hydroxylation is 1. The van der Waals surface area contributed by atoms with Gasteiger partial charge in [-0.25, -0.2) is 4.79 Å². The Morgan fingerprint density at radius 2 is 1.74 bits per heavy atom. The summed E-state index contributed by atoms with van der Waals surface area (Å²) in [4.78, 5) is 24.7. The summed E-state index contributed by atoms with van der Waals surface area (Å²) in [6.45, 7) is 1.88. The number of carboxylic acid groups (broad SMARTS) is 1. The third kappa shape index (κ3) is 3.90. The van der Waals surface area contributed by atoms with Crippen LogP contribution in [-0.2, 0) is 16.6 Å². The van der Waals surface area contributed by atoms with E-state index in [4.69, 9.17) is 11.6 Å².